The van der Waals surface area contributed by atoms with Crippen molar-refractivity contribution >= 4 is 5.57 Å². The lowest BCUT2D eigenvalue weighted by molar-refractivity contribution is 0.0251. The van der Waals surface area contributed by atoms with Gasteiger partial charge in [0.1, 0.15) is 5.75 Å². The number of aliphatic hydroxyl groups is 1. The van der Waals surface area contributed by atoms with Crippen LogP contribution in [0.1, 0.15) is 43.7 Å². The highest BCUT2D eigenvalue weighted by Crippen LogP contribution is 2.58. The molecule has 0 saturated heterocycles. The van der Waals surface area contributed by atoms with Gasteiger partial charge in [0.2, 0.25) is 0 Å². The van der Waals surface area contributed by atoms with Gasteiger partial charge in [-0.05, 0) is 72.8 Å². The topological polar surface area (TPSA) is 40.5 Å². The SMILES string of the molecule is C[C@]12CC=C3c4ccc(O)cc4CC[C@H]3[C@@H]1CCC2O. The third-order valence-corrected chi connectivity index (χ3v) is 6.13. The molecule has 4 rings (SSSR count). The van der Waals surface area contributed by atoms with E-state index >= 15 is 0 Å². The molecule has 0 aromatic heterocycles. The van der Waals surface area contributed by atoms with Gasteiger partial charge < -0.3 is 10.2 Å². The summed E-state index contributed by atoms with van der Waals surface area (Å²) >= 11 is 0. The van der Waals surface area contributed by atoms with Gasteiger partial charge in [-0.1, -0.05) is 19.1 Å². The largest absolute Gasteiger partial charge is 0.508 e. The van der Waals surface area contributed by atoms with Crippen LogP contribution < -0.4 is 0 Å². The number of hydrogen-bond donors (Lipinski definition) is 2. The average molecular weight is 270 g/mol. The van der Waals surface area contributed by atoms with Gasteiger partial charge >= 0.3 is 0 Å². The van der Waals surface area contributed by atoms with Crippen molar-refractivity contribution in [2.24, 2.45) is 17.3 Å². The van der Waals surface area contributed by atoms with Gasteiger partial charge in [0, 0.05) is 5.41 Å². The molecular formula is C18H22O2. The number of phenols is 1. The molecule has 20 heavy (non-hydrogen) atoms. The number of aromatic hydroxyl groups is 1. The van der Waals surface area contributed by atoms with Crippen molar-refractivity contribution in [1.29, 1.82) is 0 Å². The third-order valence-electron chi connectivity index (χ3n) is 6.13. The second-order valence-corrected chi connectivity index (χ2v) is 7.06. The minimum atomic E-state index is -0.133. The third kappa shape index (κ3) is 1.54. The molecule has 1 unspecified atom stereocenters. The smallest absolute Gasteiger partial charge is 0.115 e. The van der Waals surface area contributed by atoms with E-state index in [-0.39, 0.29) is 11.5 Å². The molecule has 0 amide bonds. The minimum absolute atomic E-state index is 0.0859. The summed E-state index contributed by atoms with van der Waals surface area (Å²) in [6.45, 7) is 2.27. The quantitative estimate of drug-likeness (QED) is 0.757. The lowest BCUT2D eigenvalue weighted by Gasteiger charge is -2.45. The van der Waals surface area contributed by atoms with Crippen LogP contribution in [0.3, 0.4) is 0 Å². The van der Waals surface area contributed by atoms with Gasteiger partial charge in [-0.25, -0.2) is 0 Å². The molecule has 1 fully saturated rings. The second-order valence-electron chi connectivity index (χ2n) is 7.06. The maximum absolute atomic E-state index is 10.3. The number of fused-ring (bicyclic) bond motifs is 5. The molecule has 0 bridgehead atoms. The lowest BCUT2D eigenvalue weighted by atomic mass is 9.60. The molecule has 2 nitrogen and oxygen atoms in total. The molecule has 3 aliphatic carbocycles. The van der Waals surface area contributed by atoms with Crippen molar-refractivity contribution in [3.63, 3.8) is 0 Å². The number of benzene rings is 1. The van der Waals surface area contributed by atoms with Crippen molar-refractivity contribution in [2.75, 3.05) is 0 Å². The van der Waals surface area contributed by atoms with Crippen molar-refractivity contribution in [3.05, 3.63) is 35.4 Å². The molecule has 0 spiro atoms. The molecule has 0 heterocycles. The fraction of sp³-hybridized carbons (Fsp3) is 0.556. The Morgan fingerprint density at radius 1 is 1.20 bits per heavy atom. The minimum Gasteiger partial charge on any atom is -0.508 e. The van der Waals surface area contributed by atoms with Crippen molar-refractivity contribution in [3.8, 4) is 5.75 Å². The number of rotatable bonds is 0. The Morgan fingerprint density at radius 2 is 2.05 bits per heavy atom. The summed E-state index contributed by atoms with van der Waals surface area (Å²) in [5, 5.41) is 20.0. The first-order valence-electron chi connectivity index (χ1n) is 7.80. The van der Waals surface area contributed by atoms with Gasteiger partial charge in [-0.15, -0.1) is 0 Å². The second kappa shape index (κ2) is 4.11. The number of allylic oxidation sites excluding steroid dienone is 2. The van der Waals surface area contributed by atoms with Crippen LogP contribution in [-0.2, 0) is 6.42 Å². The monoisotopic (exact) mass is 270 g/mol. The first kappa shape index (κ1) is 12.5. The van der Waals surface area contributed by atoms with Gasteiger partial charge in [0.05, 0.1) is 6.10 Å². The van der Waals surface area contributed by atoms with E-state index in [1.54, 1.807) is 6.07 Å². The molecule has 106 valence electrons. The highest BCUT2D eigenvalue weighted by molar-refractivity contribution is 5.73. The summed E-state index contributed by atoms with van der Waals surface area (Å²) in [6.07, 6.45) is 7.56. The van der Waals surface area contributed by atoms with Crippen molar-refractivity contribution in [1.82, 2.24) is 0 Å². The fourth-order valence-corrected chi connectivity index (χ4v) is 4.94. The molecule has 3 aliphatic rings. The maximum Gasteiger partial charge on any atom is 0.115 e. The van der Waals surface area contributed by atoms with E-state index in [0.29, 0.717) is 17.6 Å². The maximum atomic E-state index is 10.3. The number of hydrogen-bond acceptors (Lipinski definition) is 2. The summed E-state index contributed by atoms with van der Waals surface area (Å²) in [7, 11) is 0. The van der Waals surface area contributed by atoms with Crippen LogP contribution in [0.25, 0.3) is 5.57 Å². The molecule has 2 heteroatoms. The van der Waals surface area contributed by atoms with Crippen molar-refractivity contribution < 1.29 is 10.2 Å². The van der Waals surface area contributed by atoms with Crippen LogP contribution >= 0.6 is 0 Å². The summed E-state index contributed by atoms with van der Waals surface area (Å²) in [6, 6.07) is 5.81. The van der Waals surface area contributed by atoms with E-state index in [1.807, 2.05) is 6.07 Å². The van der Waals surface area contributed by atoms with E-state index in [2.05, 4.69) is 19.1 Å². The zero-order valence-electron chi connectivity index (χ0n) is 12.0. The first-order valence-corrected chi connectivity index (χ1v) is 7.80. The Kier molecular flexibility index (Phi) is 2.56. The lowest BCUT2D eigenvalue weighted by Crippen LogP contribution is -2.39. The Balaban J connectivity index is 1.79. The predicted octanol–water partition coefficient (Wildman–Crippen LogP) is 3.52. The number of aryl methyl sites for hydroxylation is 1. The van der Waals surface area contributed by atoms with E-state index < -0.39 is 0 Å². The van der Waals surface area contributed by atoms with E-state index in [9.17, 15) is 10.2 Å². The molecule has 1 aromatic carbocycles. The Morgan fingerprint density at radius 3 is 2.90 bits per heavy atom. The fourth-order valence-electron chi connectivity index (χ4n) is 4.94. The Hall–Kier alpha value is -1.28. The van der Waals surface area contributed by atoms with Gasteiger partial charge in [0.15, 0.2) is 0 Å². The number of phenolic OH excluding ortho intramolecular Hbond substituents is 1. The Bertz CT molecular complexity index is 589. The average Bonchev–Trinajstić information content (AvgIpc) is 2.74. The van der Waals surface area contributed by atoms with Crippen LogP contribution in [0, 0.1) is 17.3 Å². The molecule has 4 atom stereocenters. The van der Waals surface area contributed by atoms with Gasteiger partial charge in [-0.2, -0.15) is 0 Å². The molecule has 2 N–H and O–H groups in total. The van der Waals surface area contributed by atoms with Crippen LogP contribution in [0.15, 0.2) is 24.3 Å². The summed E-state index contributed by atoms with van der Waals surface area (Å²) < 4.78 is 0. The predicted molar refractivity (Wildman–Crippen MR) is 79.3 cm³/mol. The van der Waals surface area contributed by atoms with Gasteiger partial charge in [0.25, 0.3) is 0 Å². The van der Waals surface area contributed by atoms with E-state index in [1.165, 1.54) is 16.7 Å². The molecule has 0 radical (unpaired) electrons. The zero-order chi connectivity index (χ0) is 13.9. The zero-order valence-corrected chi connectivity index (χ0v) is 12.0. The van der Waals surface area contributed by atoms with Gasteiger partial charge in [-0.3, -0.25) is 0 Å². The molecular weight excluding hydrogens is 248 g/mol. The molecule has 1 saturated carbocycles. The van der Waals surface area contributed by atoms with Crippen LogP contribution in [0.2, 0.25) is 0 Å². The van der Waals surface area contributed by atoms with Crippen LogP contribution in [0.4, 0.5) is 0 Å². The van der Waals surface area contributed by atoms with Crippen LogP contribution in [-0.4, -0.2) is 16.3 Å². The van der Waals surface area contributed by atoms with E-state index in [0.717, 1.165) is 32.1 Å². The Labute approximate surface area is 120 Å². The standard InChI is InChI=1S/C18H22O2/c1-18-9-8-14-13-5-3-12(19)10-11(13)2-4-15(14)16(18)6-7-17(18)20/h3,5,8,10,15-17,19-20H,2,4,6-7,9H2,1H3/t15-,16+,17?,18+/m1/s1. The molecule has 1 aromatic rings. The molecule has 0 aliphatic heterocycles. The highest BCUT2D eigenvalue weighted by atomic mass is 16.3. The summed E-state index contributed by atoms with van der Waals surface area (Å²) in [5.41, 5.74) is 4.18. The summed E-state index contributed by atoms with van der Waals surface area (Å²) in [5.74, 6) is 1.60. The normalized spacial score (nSPS) is 38.7. The van der Waals surface area contributed by atoms with Crippen molar-refractivity contribution in [2.45, 2.75) is 45.1 Å². The highest BCUT2D eigenvalue weighted by Gasteiger charge is 2.51. The van der Waals surface area contributed by atoms with Crippen LogP contribution in [0.5, 0.6) is 5.75 Å². The summed E-state index contributed by atoms with van der Waals surface area (Å²) in [4.78, 5) is 0. The first-order chi connectivity index (χ1) is 9.59. The van der Waals surface area contributed by atoms with E-state index in [4.69, 9.17) is 0 Å². The number of aliphatic hydroxyl groups excluding tert-OH is 1.